The van der Waals surface area contributed by atoms with Crippen molar-refractivity contribution in [3.63, 3.8) is 0 Å². The molecule has 0 spiro atoms. The second-order valence-electron chi connectivity index (χ2n) is 7.84. The van der Waals surface area contributed by atoms with E-state index in [2.05, 4.69) is 4.98 Å². The zero-order chi connectivity index (χ0) is 20.8. The minimum atomic E-state index is -3.39. The van der Waals surface area contributed by atoms with Gasteiger partial charge in [-0.3, -0.25) is 4.79 Å². The lowest BCUT2D eigenvalue weighted by atomic mass is 9.95. The first-order valence-electron chi connectivity index (χ1n) is 9.65. The first kappa shape index (κ1) is 20.5. The Bertz CT molecular complexity index is 1030. The van der Waals surface area contributed by atoms with Crippen molar-refractivity contribution >= 4 is 42.4 Å². The van der Waals surface area contributed by atoms with Crippen LogP contribution in [0, 0.1) is 5.92 Å². The van der Waals surface area contributed by atoms with Crippen LogP contribution < -0.4 is 4.90 Å². The van der Waals surface area contributed by atoms with E-state index in [-0.39, 0.29) is 42.7 Å². The summed E-state index contributed by atoms with van der Waals surface area (Å²) in [6, 6.07) is 5.09. The molecule has 158 valence electrons. The van der Waals surface area contributed by atoms with Crippen molar-refractivity contribution in [2.75, 3.05) is 37.3 Å². The van der Waals surface area contributed by atoms with E-state index in [1.807, 2.05) is 11.0 Å². The molecule has 0 radical (unpaired) electrons. The van der Waals surface area contributed by atoms with Crippen molar-refractivity contribution < 1.29 is 22.0 Å². The first-order valence-corrected chi connectivity index (χ1v) is 12.4. The van der Waals surface area contributed by atoms with Crippen LogP contribution in [0.4, 0.5) is 13.9 Å². The predicted molar refractivity (Wildman–Crippen MR) is 108 cm³/mol. The van der Waals surface area contributed by atoms with Crippen molar-refractivity contribution in [2.45, 2.75) is 36.5 Å². The van der Waals surface area contributed by atoms with Crippen LogP contribution in [0.5, 0.6) is 0 Å². The summed E-state index contributed by atoms with van der Waals surface area (Å²) < 4.78 is 51.6. The van der Waals surface area contributed by atoms with Crippen molar-refractivity contribution in [1.29, 1.82) is 0 Å². The maximum Gasteiger partial charge on any atom is 0.251 e. The van der Waals surface area contributed by atoms with E-state index < -0.39 is 15.8 Å². The molecule has 2 fully saturated rings. The molecule has 1 unspecified atom stereocenters. The monoisotopic (exact) mass is 443 g/mol. The van der Waals surface area contributed by atoms with Gasteiger partial charge in [0.1, 0.15) is 5.52 Å². The molecule has 1 aromatic heterocycles. The Kier molecular flexibility index (Phi) is 5.27. The average molecular weight is 444 g/mol. The van der Waals surface area contributed by atoms with Crippen LogP contribution >= 0.6 is 11.3 Å². The molecule has 0 N–H and O–H groups in total. The summed E-state index contributed by atoms with van der Waals surface area (Å²) in [7, 11) is -3.39. The van der Waals surface area contributed by atoms with Crippen LogP contribution in [0.1, 0.15) is 25.7 Å². The Labute approximate surface area is 172 Å². The number of sulfone groups is 1. The minimum absolute atomic E-state index is 0.0665. The van der Waals surface area contributed by atoms with Gasteiger partial charge in [0.25, 0.3) is 5.92 Å². The number of benzene rings is 1. The summed E-state index contributed by atoms with van der Waals surface area (Å²) in [5, 5.41) is 0.693. The highest BCUT2D eigenvalue weighted by molar-refractivity contribution is 7.91. The van der Waals surface area contributed by atoms with Gasteiger partial charge < -0.3 is 9.80 Å². The first-order chi connectivity index (χ1) is 13.6. The molecule has 1 aromatic carbocycles. The van der Waals surface area contributed by atoms with E-state index in [1.54, 1.807) is 17.0 Å². The Morgan fingerprint density at radius 2 is 1.97 bits per heavy atom. The number of para-hydroxylation sites is 1. The molecule has 0 bridgehead atoms. The highest BCUT2D eigenvalue weighted by Crippen LogP contribution is 2.35. The number of aromatic nitrogens is 1. The number of hydrogen-bond donors (Lipinski definition) is 0. The molecule has 2 saturated heterocycles. The SMILES string of the molecule is CS(=O)(=O)c1cccc2sc(N3CCCC(C(=O)N4CCC(F)(F)CC4)C3)nc12. The van der Waals surface area contributed by atoms with Gasteiger partial charge in [-0.05, 0) is 25.0 Å². The fraction of sp³-hybridized carbons (Fsp3) is 0.579. The van der Waals surface area contributed by atoms with E-state index in [4.69, 9.17) is 0 Å². The van der Waals surface area contributed by atoms with Gasteiger partial charge in [0.15, 0.2) is 15.0 Å². The number of piperidine rings is 2. The molecule has 4 rings (SSSR count). The molecule has 0 aliphatic carbocycles. The zero-order valence-electron chi connectivity index (χ0n) is 16.1. The fourth-order valence-corrected chi connectivity index (χ4v) is 5.94. The number of alkyl halides is 2. The van der Waals surface area contributed by atoms with Crippen molar-refractivity contribution in [3.05, 3.63) is 18.2 Å². The van der Waals surface area contributed by atoms with Gasteiger partial charge in [-0.1, -0.05) is 17.4 Å². The third kappa shape index (κ3) is 4.23. The van der Waals surface area contributed by atoms with Crippen LogP contribution in [-0.4, -0.2) is 62.6 Å². The maximum absolute atomic E-state index is 13.4. The summed E-state index contributed by atoms with van der Waals surface area (Å²) >= 11 is 1.41. The number of anilines is 1. The second-order valence-corrected chi connectivity index (χ2v) is 10.8. The van der Waals surface area contributed by atoms with Crippen molar-refractivity contribution in [2.24, 2.45) is 5.92 Å². The van der Waals surface area contributed by atoms with Gasteiger partial charge in [0.05, 0.1) is 15.5 Å². The predicted octanol–water partition coefficient (Wildman–Crippen LogP) is 3.17. The topological polar surface area (TPSA) is 70.6 Å². The molecule has 3 heterocycles. The molecule has 10 heteroatoms. The molecule has 1 atom stereocenters. The number of nitrogens with zero attached hydrogens (tertiary/aromatic N) is 3. The maximum atomic E-state index is 13.4. The Morgan fingerprint density at radius 1 is 1.24 bits per heavy atom. The highest BCUT2D eigenvalue weighted by atomic mass is 32.2. The van der Waals surface area contributed by atoms with Gasteiger partial charge in [-0.25, -0.2) is 22.2 Å². The van der Waals surface area contributed by atoms with E-state index in [0.29, 0.717) is 17.2 Å². The smallest absolute Gasteiger partial charge is 0.251 e. The second kappa shape index (κ2) is 7.46. The Balaban J connectivity index is 1.52. The summed E-state index contributed by atoms with van der Waals surface area (Å²) in [5.41, 5.74) is 0.460. The number of carbonyl (C=O) groups excluding carboxylic acids is 1. The molecule has 29 heavy (non-hydrogen) atoms. The molecule has 2 aliphatic rings. The number of thiazole rings is 1. The number of rotatable bonds is 3. The van der Waals surface area contributed by atoms with Crippen LogP contribution in [-0.2, 0) is 14.6 Å². The lowest BCUT2D eigenvalue weighted by molar-refractivity contribution is -0.141. The third-order valence-electron chi connectivity index (χ3n) is 5.62. The van der Waals surface area contributed by atoms with E-state index in [1.165, 1.54) is 17.6 Å². The standard InChI is InChI=1S/C19H23F2N3O3S2/c1-29(26,27)15-6-2-5-14-16(15)22-18(28-14)24-9-3-4-13(12-24)17(25)23-10-7-19(20,21)8-11-23/h2,5-6,13H,3-4,7-12H2,1H3. The van der Waals surface area contributed by atoms with Gasteiger partial charge in [-0.15, -0.1) is 0 Å². The number of halogens is 2. The largest absolute Gasteiger partial charge is 0.347 e. The number of likely N-dealkylation sites (tertiary alicyclic amines) is 1. The van der Waals surface area contributed by atoms with Crippen LogP contribution in [0.25, 0.3) is 10.2 Å². The molecule has 2 aliphatic heterocycles. The summed E-state index contributed by atoms with van der Waals surface area (Å²) in [4.78, 5) is 21.2. The van der Waals surface area contributed by atoms with Crippen LogP contribution in [0.2, 0.25) is 0 Å². The van der Waals surface area contributed by atoms with Gasteiger partial charge in [-0.2, -0.15) is 0 Å². The fourth-order valence-electron chi connectivity index (χ4n) is 4.01. The highest BCUT2D eigenvalue weighted by Gasteiger charge is 2.38. The number of amides is 1. The molecular weight excluding hydrogens is 420 g/mol. The molecule has 1 amide bonds. The van der Waals surface area contributed by atoms with Crippen molar-refractivity contribution in [1.82, 2.24) is 9.88 Å². The quantitative estimate of drug-likeness (QED) is 0.729. The minimum Gasteiger partial charge on any atom is -0.347 e. The summed E-state index contributed by atoms with van der Waals surface area (Å²) in [6.45, 7) is 1.40. The molecule has 0 saturated carbocycles. The number of carbonyl (C=O) groups is 1. The molecule has 6 nitrogen and oxygen atoms in total. The van der Waals surface area contributed by atoms with Crippen LogP contribution in [0.15, 0.2) is 23.1 Å². The van der Waals surface area contributed by atoms with Crippen molar-refractivity contribution in [3.8, 4) is 0 Å². The summed E-state index contributed by atoms with van der Waals surface area (Å²) in [5.74, 6) is -2.99. The van der Waals surface area contributed by atoms with E-state index in [9.17, 15) is 22.0 Å². The lowest BCUT2D eigenvalue weighted by Crippen LogP contribution is -2.49. The number of fused-ring (bicyclic) bond motifs is 1. The van der Waals surface area contributed by atoms with E-state index >= 15 is 0 Å². The number of hydrogen-bond acceptors (Lipinski definition) is 6. The van der Waals surface area contributed by atoms with Gasteiger partial charge >= 0.3 is 0 Å². The van der Waals surface area contributed by atoms with E-state index in [0.717, 1.165) is 24.1 Å². The Morgan fingerprint density at radius 3 is 2.66 bits per heavy atom. The Hall–Kier alpha value is -1.81. The molecule has 2 aromatic rings. The normalized spacial score (nSPS) is 22.8. The lowest BCUT2D eigenvalue weighted by Gasteiger charge is -2.37. The van der Waals surface area contributed by atoms with Gasteiger partial charge in [0, 0.05) is 45.3 Å². The zero-order valence-corrected chi connectivity index (χ0v) is 17.7. The van der Waals surface area contributed by atoms with Crippen LogP contribution in [0.3, 0.4) is 0 Å². The summed E-state index contributed by atoms with van der Waals surface area (Å²) in [6.07, 6.45) is 2.14. The molecular formula is C19H23F2N3O3S2. The van der Waals surface area contributed by atoms with Gasteiger partial charge in [0.2, 0.25) is 5.91 Å². The average Bonchev–Trinajstić information content (AvgIpc) is 3.11. The third-order valence-corrected chi connectivity index (χ3v) is 7.83.